The summed E-state index contributed by atoms with van der Waals surface area (Å²) >= 11 is 2.78. The first kappa shape index (κ1) is 16.3. The molecule has 0 fully saturated rings. The molecule has 5 nitrogen and oxygen atoms in total. The van der Waals surface area contributed by atoms with E-state index in [2.05, 4.69) is 15.8 Å². The molecule has 2 N–H and O–H groups in total. The van der Waals surface area contributed by atoms with Gasteiger partial charge in [-0.1, -0.05) is 24.3 Å². The van der Waals surface area contributed by atoms with Crippen LogP contribution in [-0.2, 0) is 9.59 Å². The van der Waals surface area contributed by atoms with Gasteiger partial charge in [-0.3, -0.25) is 9.59 Å². The number of hydrogen-bond acceptors (Lipinski definition) is 5. The summed E-state index contributed by atoms with van der Waals surface area (Å²) in [6, 6.07) is 13.0. The number of nitrogens with zero attached hydrogens (tertiary/aromatic N) is 1. The van der Waals surface area contributed by atoms with Crippen LogP contribution in [0.2, 0.25) is 0 Å². The zero-order valence-electron chi connectivity index (χ0n) is 11.7. The number of thioether (sulfide) groups is 1. The third kappa shape index (κ3) is 6.11. The Bertz CT molecular complexity index is 628. The second-order valence-corrected chi connectivity index (χ2v) is 6.18. The number of benzene rings is 1. The van der Waals surface area contributed by atoms with E-state index in [9.17, 15) is 9.59 Å². The van der Waals surface area contributed by atoms with Crippen molar-refractivity contribution in [3.63, 3.8) is 0 Å². The van der Waals surface area contributed by atoms with Gasteiger partial charge in [0.15, 0.2) is 0 Å². The van der Waals surface area contributed by atoms with Gasteiger partial charge in [-0.2, -0.15) is 5.10 Å². The monoisotopic (exact) mass is 333 g/mol. The fraction of sp³-hybridized carbons (Fsp3) is 0.133. The van der Waals surface area contributed by atoms with E-state index < -0.39 is 0 Å². The van der Waals surface area contributed by atoms with Crippen molar-refractivity contribution in [1.29, 1.82) is 0 Å². The molecule has 2 amide bonds. The summed E-state index contributed by atoms with van der Waals surface area (Å²) in [5.74, 6) is 0.0393. The number of para-hydroxylation sites is 1. The fourth-order valence-corrected chi connectivity index (χ4v) is 2.71. The van der Waals surface area contributed by atoms with E-state index in [-0.39, 0.29) is 23.3 Å². The molecule has 2 aromatic rings. The summed E-state index contributed by atoms with van der Waals surface area (Å²) in [6.07, 6.45) is 1.59. The molecule has 0 radical (unpaired) electrons. The fourth-order valence-electron chi connectivity index (χ4n) is 1.52. The standard InChI is InChI=1S/C15H15N3O2S2/c19-14(17-12-5-2-1-3-6-12)10-21-11-15(20)18-16-9-13-7-4-8-22-13/h1-9H,10-11H2,(H,17,19)(H,18,20). The van der Waals surface area contributed by atoms with Crippen LogP contribution in [0.3, 0.4) is 0 Å². The smallest absolute Gasteiger partial charge is 0.250 e. The average Bonchev–Trinajstić information content (AvgIpc) is 3.01. The lowest BCUT2D eigenvalue weighted by atomic mass is 10.3. The first-order valence-electron chi connectivity index (χ1n) is 6.52. The van der Waals surface area contributed by atoms with Crippen LogP contribution >= 0.6 is 23.1 Å². The number of thiophene rings is 1. The SMILES string of the molecule is O=C(CSCC(=O)Nc1ccccc1)NN=Cc1cccs1. The lowest BCUT2D eigenvalue weighted by molar-refractivity contribution is -0.118. The summed E-state index contributed by atoms with van der Waals surface area (Å²) in [5, 5.41) is 8.54. The van der Waals surface area contributed by atoms with Crippen molar-refractivity contribution < 1.29 is 9.59 Å². The van der Waals surface area contributed by atoms with Crippen molar-refractivity contribution >= 4 is 46.8 Å². The molecular formula is C15H15N3O2S2. The van der Waals surface area contributed by atoms with E-state index in [1.807, 2.05) is 47.8 Å². The highest BCUT2D eigenvalue weighted by atomic mass is 32.2. The minimum atomic E-state index is -0.231. The Hall–Kier alpha value is -2.12. The predicted octanol–water partition coefficient (Wildman–Crippen LogP) is 2.57. The molecule has 2 rings (SSSR count). The molecule has 0 saturated heterocycles. The number of hydrogen-bond donors (Lipinski definition) is 2. The van der Waals surface area contributed by atoms with Gasteiger partial charge in [0.2, 0.25) is 11.8 Å². The Morgan fingerprint density at radius 2 is 1.86 bits per heavy atom. The average molecular weight is 333 g/mol. The molecule has 0 aliphatic rings. The maximum Gasteiger partial charge on any atom is 0.250 e. The van der Waals surface area contributed by atoms with Crippen molar-refractivity contribution in [2.24, 2.45) is 5.10 Å². The molecule has 0 atom stereocenters. The molecule has 0 saturated carbocycles. The molecular weight excluding hydrogens is 318 g/mol. The summed E-state index contributed by atoms with van der Waals surface area (Å²) in [5.41, 5.74) is 3.18. The number of nitrogens with one attached hydrogen (secondary N) is 2. The molecule has 0 aliphatic heterocycles. The van der Waals surface area contributed by atoms with Crippen molar-refractivity contribution in [2.45, 2.75) is 0 Å². The van der Waals surface area contributed by atoms with Crippen LogP contribution in [0.4, 0.5) is 5.69 Å². The number of rotatable bonds is 7. The van der Waals surface area contributed by atoms with Gasteiger partial charge in [0.1, 0.15) is 0 Å². The van der Waals surface area contributed by atoms with Crippen LogP contribution in [0.15, 0.2) is 52.9 Å². The predicted molar refractivity (Wildman–Crippen MR) is 92.5 cm³/mol. The molecule has 22 heavy (non-hydrogen) atoms. The molecule has 7 heteroatoms. The van der Waals surface area contributed by atoms with Crippen molar-refractivity contribution in [3.8, 4) is 0 Å². The summed E-state index contributed by atoms with van der Waals surface area (Å²) < 4.78 is 0. The minimum Gasteiger partial charge on any atom is -0.325 e. The molecule has 1 aromatic carbocycles. The molecule has 0 unspecified atom stereocenters. The van der Waals surface area contributed by atoms with Crippen LogP contribution in [0.5, 0.6) is 0 Å². The normalized spacial score (nSPS) is 10.5. The number of amides is 2. The van der Waals surface area contributed by atoms with Gasteiger partial charge in [-0.25, -0.2) is 5.43 Å². The van der Waals surface area contributed by atoms with Gasteiger partial charge in [-0.15, -0.1) is 23.1 Å². The molecule has 1 heterocycles. The van der Waals surface area contributed by atoms with E-state index in [0.717, 1.165) is 10.6 Å². The topological polar surface area (TPSA) is 70.6 Å². The third-order valence-corrected chi connectivity index (χ3v) is 4.19. The third-order valence-electron chi connectivity index (χ3n) is 2.45. The molecule has 0 bridgehead atoms. The van der Waals surface area contributed by atoms with Gasteiger partial charge < -0.3 is 5.32 Å². The first-order chi connectivity index (χ1) is 10.7. The maximum atomic E-state index is 11.7. The minimum absolute atomic E-state index is 0.133. The van der Waals surface area contributed by atoms with Gasteiger partial charge in [0.05, 0.1) is 17.7 Å². The zero-order valence-corrected chi connectivity index (χ0v) is 13.3. The summed E-state index contributed by atoms with van der Waals surface area (Å²) in [7, 11) is 0. The molecule has 0 spiro atoms. The first-order valence-corrected chi connectivity index (χ1v) is 8.55. The Balaban J connectivity index is 1.61. The van der Waals surface area contributed by atoms with E-state index in [1.165, 1.54) is 23.1 Å². The van der Waals surface area contributed by atoms with Crippen molar-refractivity contribution in [2.75, 3.05) is 16.8 Å². The second-order valence-electron chi connectivity index (χ2n) is 4.22. The van der Waals surface area contributed by atoms with Gasteiger partial charge in [0, 0.05) is 10.6 Å². The summed E-state index contributed by atoms with van der Waals surface area (Å²) in [4.78, 5) is 24.2. The highest BCUT2D eigenvalue weighted by molar-refractivity contribution is 8.00. The number of carbonyl (C=O) groups excluding carboxylic acids is 2. The molecule has 0 aliphatic carbocycles. The van der Waals surface area contributed by atoms with Crippen LogP contribution in [-0.4, -0.2) is 29.5 Å². The number of anilines is 1. The van der Waals surface area contributed by atoms with Gasteiger partial charge in [-0.05, 0) is 23.6 Å². The molecule has 114 valence electrons. The van der Waals surface area contributed by atoms with Gasteiger partial charge in [0.25, 0.3) is 0 Å². The zero-order chi connectivity index (χ0) is 15.6. The van der Waals surface area contributed by atoms with Crippen LogP contribution in [0.1, 0.15) is 4.88 Å². The van der Waals surface area contributed by atoms with Crippen LogP contribution in [0, 0.1) is 0 Å². The quantitative estimate of drug-likeness (QED) is 0.604. The van der Waals surface area contributed by atoms with E-state index in [1.54, 1.807) is 6.21 Å². The highest BCUT2D eigenvalue weighted by Crippen LogP contribution is 2.07. The summed E-state index contributed by atoms with van der Waals surface area (Å²) in [6.45, 7) is 0. The maximum absolute atomic E-state index is 11.7. The Morgan fingerprint density at radius 1 is 1.09 bits per heavy atom. The number of hydrazone groups is 1. The van der Waals surface area contributed by atoms with Crippen molar-refractivity contribution in [1.82, 2.24) is 5.43 Å². The number of carbonyl (C=O) groups is 2. The van der Waals surface area contributed by atoms with Crippen molar-refractivity contribution in [3.05, 3.63) is 52.7 Å². The largest absolute Gasteiger partial charge is 0.325 e. The molecule has 1 aromatic heterocycles. The van der Waals surface area contributed by atoms with Gasteiger partial charge >= 0.3 is 0 Å². The Kier molecular flexibility index (Phi) is 6.66. The lowest BCUT2D eigenvalue weighted by Gasteiger charge is -2.04. The van der Waals surface area contributed by atoms with Crippen LogP contribution in [0.25, 0.3) is 0 Å². The van der Waals surface area contributed by atoms with Crippen LogP contribution < -0.4 is 10.7 Å². The van der Waals surface area contributed by atoms with E-state index in [0.29, 0.717) is 0 Å². The van der Waals surface area contributed by atoms with E-state index in [4.69, 9.17) is 0 Å². The highest BCUT2D eigenvalue weighted by Gasteiger charge is 2.05. The Labute approximate surface area is 136 Å². The van der Waals surface area contributed by atoms with E-state index >= 15 is 0 Å². The second kappa shape index (κ2) is 9.01. The lowest BCUT2D eigenvalue weighted by Crippen LogP contribution is -2.21. The Morgan fingerprint density at radius 3 is 2.59 bits per heavy atom.